The van der Waals surface area contributed by atoms with Gasteiger partial charge in [0.15, 0.2) is 0 Å². The van der Waals surface area contributed by atoms with Gasteiger partial charge >= 0.3 is 11.9 Å². The highest BCUT2D eigenvalue weighted by molar-refractivity contribution is 6.35. The van der Waals surface area contributed by atoms with Gasteiger partial charge in [0.2, 0.25) is 11.6 Å². The zero-order valence-electron chi connectivity index (χ0n) is 13.0. The third-order valence-corrected chi connectivity index (χ3v) is 3.57. The minimum Gasteiger partial charge on any atom is -0.475 e. The number of carboxylic acid groups (broad SMARTS) is 2. The number of hydrogen-bond acceptors (Lipinski definition) is 4. The smallest absolute Gasteiger partial charge is 0.372 e. The average molecular weight is 330 g/mol. The summed E-state index contributed by atoms with van der Waals surface area (Å²) < 4.78 is 0. The lowest BCUT2D eigenvalue weighted by atomic mass is 9.85. The standard InChI is InChI=1S/C18H18O6/c1-3-6-13(15(19)17(21)22)11-8-5-9-12(10-11)14(7-4-2)16(20)18(23)24/h3-5,8-10,13-14H,1-2,6-7H2,(H,21,22)(H,23,24). The molecule has 0 heterocycles. The molecule has 0 saturated heterocycles. The van der Waals surface area contributed by atoms with E-state index in [0.717, 1.165) is 0 Å². The van der Waals surface area contributed by atoms with Gasteiger partial charge < -0.3 is 10.2 Å². The summed E-state index contributed by atoms with van der Waals surface area (Å²) in [6.07, 6.45) is 3.10. The average Bonchev–Trinajstić information content (AvgIpc) is 2.56. The van der Waals surface area contributed by atoms with E-state index in [2.05, 4.69) is 13.2 Å². The maximum atomic E-state index is 11.9. The third-order valence-electron chi connectivity index (χ3n) is 3.57. The Labute approximate surface area is 139 Å². The second kappa shape index (κ2) is 8.57. The molecule has 0 fully saturated rings. The number of aliphatic carboxylic acids is 2. The van der Waals surface area contributed by atoms with Crippen LogP contribution >= 0.6 is 0 Å². The van der Waals surface area contributed by atoms with E-state index in [1.54, 1.807) is 18.2 Å². The minimum atomic E-state index is -1.56. The number of rotatable bonds is 10. The fourth-order valence-corrected chi connectivity index (χ4v) is 2.41. The molecule has 2 N–H and O–H groups in total. The van der Waals surface area contributed by atoms with Crippen LogP contribution in [-0.4, -0.2) is 33.7 Å². The molecule has 0 aromatic heterocycles. The van der Waals surface area contributed by atoms with Gasteiger partial charge in [0, 0.05) is 0 Å². The van der Waals surface area contributed by atoms with Crippen LogP contribution in [0.25, 0.3) is 0 Å². The molecular weight excluding hydrogens is 312 g/mol. The first kappa shape index (κ1) is 19.0. The van der Waals surface area contributed by atoms with Crippen molar-refractivity contribution in [1.82, 2.24) is 0 Å². The molecule has 24 heavy (non-hydrogen) atoms. The Morgan fingerprint density at radius 3 is 1.54 bits per heavy atom. The molecular formula is C18H18O6. The van der Waals surface area contributed by atoms with E-state index < -0.39 is 35.3 Å². The van der Waals surface area contributed by atoms with Crippen molar-refractivity contribution < 1.29 is 29.4 Å². The number of Topliss-reactive ketones (excluding diaryl/α,β-unsaturated/α-hetero) is 2. The topological polar surface area (TPSA) is 109 Å². The lowest BCUT2D eigenvalue weighted by Gasteiger charge is -2.16. The molecule has 0 spiro atoms. The highest BCUT2D eigenvalue weighted by Crippen LogP contribution is 2.28. The molecule has 0 aliphatic rings. The molecule has 6 heteroatoms. The fourth-order valence-electron chi connectivity index (χ4n) is 2.41. The Morgan fingerprint density at radius 2 is 1.25 bits per heavy atom. The normalized spacial score (nSPS) is 12.7. The predicted molar refractivity (Wildman–Crippen MR) is 86.8 cm³/mol. The Kier molecular flexibility index (Phi) is 6.79. The summed E-state index contributed by atoms with van der Waals surface area (Å²) in [5.74, 6) is -6.98. The van der Waals surface area contributed by atoms with Crippen molar-refractivity contribution in [2.75, 3.05) is 0 Å². The van der Waals surface area contributed by atoms with Gasteiger partial charge in [-0.1, -0.05) is 36.4 Å². The Bertz CT molecular complexity index is 633. The molecule has 126 valence electrons. The van der Waals surface area contributed by atoms with Crippen molar-refractivity contribution in [1.29, 1.82) is 0 Å². The van der Waals surface area contributed by atoms with Crippen LogP contribution in [0.15, 0.2) is 49.6 Å². The van der Waals surface area contributed by atoms with E-state index in [9.17, 15) is 19.2 Å². The molecule has 1 aromatic carbocycles. The first-order valence-corrected chi connectivity index (χ1v) is 7.19. The summed E-state index contributed by atoms with van der Waals surface area (Å²) >= 11 is 0. The number of benzene rings is 1. The monoisotopic (exact) mass is 330 g/mol. The predicted octanol–water partition coefficient (Wildman–Crippen LogP) is 2.31. The number of carbonyl (C=O) groups excluding carboxylic acids is 2. The van der Waals surface area contributed by atoms with Crippen molar-refractivity contribution in [2.45, 2.75) is 24.7 Å². The second-order valence-electron chi connectivity index (χ2n) is 5.16. The van der Waals surface area contributed by atoms with Gasteiger partial charge in [0.1, 0.15) is 0 Å². The summed E-state index contributed by atoms with van der Waals surface area (Å²) in [6, 6.07) is 6.18. The molecule has 1 aromatic rings. The summed E-state index contributed by atoms with van der Waals surface area (Å²) in [6.45, 7) is 7.03. The van der Waals surface area contributed by atoms with E-state index in [4.69, 9.17) is 10.2 Å². The van der Waals surface area contributed by atoms with Crippen molar-refractivity contribution in [2.24, 2.45) is 0 Å². The molecule has 0 aliphatic heterocycles. The lowest BCUT2D eigenvalue weighted by molar-refractivity contribution is -0.149. The summed E-state index contributed by atoms with van der Waals surface area (Å²) in [5.41, 5.74) is 0.791. The maximum absolute atomic E-state index is 11.9. The quantitative estimate of drug-likeness (QED) is 0.503. The van der Waals surface area contributed by atoms with Crippen LogP contribution in [0.3, 0.4) is 0 Å². The van der Waals surface area contributed by atoms with E-state index in [0.29, 0.717) is 11.1 Å². The van der Waals surface area contributed by atoms with Crippen molar-refractivity contribution >= 4 is 23.5 Å². The van der Waals surface area contributed by atoms with Crippen LogP contribution in [0.2, 0.25) is 0 Å². The minimum absolute atomic E-state index is 0.119. The number of allylic oxidation sites excluding steroid dienone is 2. The molecule has 0 bridgehead atoms. The fraction of sp³-hybridized carbons (Fsp3) is 0.222. The van der Waals surface area contributed by atoms with Crippen LogP contribution in [-0.2, 0) is 19.2 Å². The molecule has 0 radical (unpaired) electrons. The van der Waals surface area contributed by atoms with Gasteiger partial charge in [0.05, 0.1) is 11.8 Å². The van der Waals surface area contributed by atoms with Crippen LogP contribution in [0.4, 0.5) is 0 Å². The van der Waals surface area contributed by atoms with Gasteiger partial charge in [-0.2, -0.15) is 0 Å². The zero-order valence-corrected chi connectivity index (χ0v) is 13.0. The Balaban J connectivity index is 3.31. The molecule has 0 saturated carbocycles. The largest absolute Gasteiger partial charge is 0.475 e. The molecule has 0 aliphatic carbocycles. The number of ketones is 2. The molecule has 2 unspecified atom stereocenters. The van der Waals surface area contributed by atoms with Crippen LogP contribution in [0.5, 0.6) is 0 Å². The first-order chi connectivity index (χ1) is 11.3. The summed E-state index contributed by atoms with van der Waals surface area (Å²) in [5, 5.41) is 17.9. The van der Waals surface area contributed by atoms with E-state index >= 15 is 0 Å². The Morgan fingerprint density at radius 1 is 0.875 bits per heavy atom. The first-order valence-electron chi connectivity index (χ1n) is 7.19. The number of hydrogen-bond donors (Lipinski definition) is 2. The van der Waals surface area contributed by atoms with Gasteiger partial charge in [-0.15, -0.1) is 13.2 Å². The van der Waals surface area contributed by atoms with E-state index in [-0.39, 0.29) is 12.8 Å². The summed E-state index contributed by atoms with van der Waals surface area (Å²) in [4.78, 5) is 45.7. The van der Waals surface area contributed by atoms with Crippen molar-refractivity contribution in [3.05, 3.63) is 60.7 Å². The van der Waals surface area contributed by atoms with Gasteiger partial charge in [-0.3, -0.25) is 9.59 Å². The highest BCUT2D eigenvalue weighted by Gasteiger charge is 2.28. The van der Waals surface area contributed by atoms with Gasteiger partial charge in [0.25, 0.3) is 0 Å². The zero-order chi connectivity index (χ0) is 18.3. The molecule has 6 nitrogen and oxygen atoms in total. The third kappa shape index (κ3) is 4.49. The molecule has 0 amide bonds. The SMILES string of the molecule is C=CCC(C(=O)C(=O)O)c1cccc(C(CC=C)C(=O)C(=O)O)c1. The van der Waals surface area contributed by atoms with Crippen LogP contribution in [0.1, 0.15) is 35.8 Å². The molecule has 1 rings (SSSR count). The Hall–Kier alpha value is -3.02. The van der Waals surface area contributed by atoms with Gasteiger partial charge in [-0.25, -0.2) is 9.59 Å². The maximum Gasteiger partial charge on any atom is 0.372 e. The second-order valence-corrected chi connectivity index (χ2v) is 5.16. The van der Waals surface area contributed by atoms with Crippen molar-refractivity contribution in [3.8, 4) is 0 Å². The summed E-state index contributed by atoms with van der Waals surface area (Å²) in [7, 11) is 0. The van der Waals surface area contributed by atoms with Crippen LogP contribution in [0, 0.1) is 0 Å². The lowest BCUT2D eigenvalue weighted by Crippen LogP contribution is -2.23. The van der Waals surface area contributed by atoms with E-state index in [1.807, 2.05) is 0 Å². The van der Waals surface area contributed by atoms with Gasteiger partial charge in [-0.05, 0) is 24.0 Å². The van der Waals surface area contributed by atoms with Crippen molar-refractivity contribution in [3.63, 3.8) is 0 Å². The highest BCUT2D eigenvalue weighted by atomic mass is 16.4. The number of carboxylic acids is 2. The molecule has 2 atom stereocenters. The van der Waals surface area contributed by atoms with Crippen LogP contribution < -0.4 is 0 Å². The van der Waals surface area contributed by atoms with E-state index in [1.165, 1.54) is 18.2 Å². The number of carbonyl (C=O) groups is 4.